The van der Waals surface area contributed by atoms with Crippen LogP contribution in [0.1, 0.15) is 25.0 Å². The Bertz CT molecular complexity index is 584. The minimum absolute atomic E-state index is 0. The summed E-state index contributed by atoms with van der Waals surface area (Å²) in [7, 11) is 0. The smallest absolute Gasteiger partial charge is 0.295 e. The Hall–Kier alpha value is -2.08. The standard InChI is InChI=1S/2C10H10O.Pd/c2*1-9(11)7-8-10-5-3-2-4-6-10;/h2*2-8H,1H3;/q;;+2/b2*8-7+;. The molecule has 0 amide bonds. The molecule has 0 atom stereocenters. The van der Waals surface area contributed by atoms with Gasteiger partial charge in [0, 0.05) is 0 Å². The van der Waals surface area contributed by atoms with Gasteiger partial charge in [-0.3, -0.25) is 9.59 Å². The van der Waals surface area contributed by atoms with Crippen molar-refractivity contribution in [3.8, 4) is 0 Å². The molecular formula is C20H20O2Pd+2. The van der Waals surface area contributed by atoms with Crippen LogP contribution in [0.3, 0.4) is 0 Å². The summed E-state index contributed by atoms with van der Waals surface area (Å²) >= 11 is 0. The van der Waals surface area contributed by atoms with E-state index in [1.54, 1.807) is 26.0 Å². The monoisotopic (exact) mass is 398 g/mol. The first-order chi connectivity index (χ1) is 10.6. The minimum atomic E-state index is 0. The van der Waals surface area contributed by atoms with E-state index in [0.717, 1.165) is 11.1 Å². The summed E-state index contributed by atoms with van der Waals surface area (Å²) < 4.78 is 0. The van der Waals surface area contributed by atoms with Gasteiger partial charge < -0.3 is 0 Å². The molecule has 120 valence electrons. The van der Waals surface area contributed by atoms with Gasteiger partial charge in [0.15, 0.2) is 11.6 Å². The van der Waals surface area contributed by atoms with Crippen LogP contribution in [0.4, 0.5) is 0 Å². The van der Waals surface area contributed by atoms with Crippen molar-refractivity contribution in [1.82, 2.24) is 0 Å². The number of carbonyl (C=O) groups excluding carboxylic acids is 2. The number of rotatable bonds is 4. The van der Waals surface area contributed by atoms with Crippen LogP contribution >= 0.6 is 0 Å². The summed E-state index contributed by atoms with van der Waals surface area (Å²) in [4.78, 5) is 21.1. The SMILES string of the molecule is CC(=O)/C=C/c1ccccc1.CC(=O)/C=C/c1ccccc1.[Pd+2]. The molecular weight excluding hydrogens is 379 g/mol. The van der Waals surface area contributed by atoms with E-state index in [4.69, 9.17) is 0 Å². The van der Waals surface area contributed by atoms with Crippen molar-refractivity contribution < 1.29 is 30.0 Å². The number of benzene rings is 2. The van der Waals surface area contributed by atoms with Crippen molar-refractivity contribution in [2.24, 2.45) is 0 Å². The molecule has 0 fully saturated rings. The van der Waals surface area contributed by atoms with Crippen LogP contribution in [0.5, 0.6) is 0 Å². The minimum Gasteiger partial charge on any atom is -0.295 e. The van der Waals surface area contributed by atoms with Gasteiger partial charge in [0.2, 0.25) is 0 Å². The van der Waals surface area contributed by atoms with E-state index in [9.17, 15) is 9.59 Å². The second kappa shape index (κ2) is 12.5. The molecule has 0 aliphatic rings. The van der Waals surface area contributed by atoms with Crippen molar-refractivity contribution in [3.63, 3.8) is 0 Å². The molecule has 0 spiro atoms. The Balaban J connectivity index is 0.000000403. The summed E-state index contributed by atoms with van der Waals surface area (Å²) in [5.41, 5.74) is 2.12. The average molecular weight is 399 g/mol. The number of hydrogen-bond acceptors (Lipinski definition) is 2. The van der Waals surface area contributed by atoms with Crippen LogP contribution in [0.15, 0.2) is 72.8 Å². The first kappa shape index (κ1) is 20.9. The Morgan fingerprint density at radius 1 is 0.652 bits per heavy atom. The van der Waals surface area contributed by atoms with Gasteiger partial charge in [0.05, 0.1) is 0 Å². The van der Waals surface area contributed by atoms with E-state index in [2.05, 4.69) is 0 Å². The zero-order valence-corrected chi connectivity index (χ0v) is 14.8. The van der Waals surface area contributed by atoms with Crippen LogP contribution in [-0.2, 0) is 30.0 Å². The Kier molecular flexibility index (Phi) is 11.3. The fourth-order valence-electron chi connectivity index (χ4n) is 1.56. The molecule has 2 nitrogen and oxygen atoms in total. The zero-order valence-electron chi connectivity index (χ0n) is 13.2. The van der Waals surface area contributed by atoms with Crippen LogP contribution in [0.2, 0.25) is 0 Å². The van der Waals surface area contributed by atoms with Crippen molar-refractivity contribution in [3.05, 3.63) is 83.9 Å². The van der Waals surface area contributed by atoms with Gasteiger partial charge in [0.1, 0.15) is 0 Å². The molecule has 0 aromatic heterocycles. The van der Waals surface area contributed by atoms with Crippen LogP contribution in [-0.4, -0.2) is 11.6 Å². The van der Waals surface area contributed by atoms with Crippen LogP contribution in [0.25, 0.3) is 12.2 Å². The topological polar surface area (TPSA) is 34.1 Å². The molecule has 0 aliphatic carbocycles. The zero-order chi connectivity index (χ0) is 16.2. The van der Waals surface area contributed by atoms with Crippen LogP contribution < -0.4 is 0 Å². The summed E-state index contributed by atoms with van der Waals surface area (Å²) in [5, 5.41) is 0. The maximum Gasteiger partial charge on any atom is 2.00 e. The van der Waals surface area contributed by atoms with Gasteiger partial charge >= 0.3 is 20.4 Å². The van der Waals surface area contributed by atoms with E-state index >= 15 is 0 Å². The van der Waals surface area contributed by atoms with Gasteiger partial charge in [-0.05, 0) is 37.1 Å². The summed E-state index contributed by atoms with van der Waals surface area (Å²) in [6, 6.07) is 19.5. The molecule has 2 rings (SSSR count). The summed E-state index contributed by atoms with van der Waals surface area (Å²) in [6.45, 7) is 3.08. The molecule has 0 saturated carbocycles. The van der Waals surface area contributed by atoms with Gasteiger partial charge in [-0.25, -0.2) is 0 Å². The predicted octanol–water partition coefficient (Wildman–Crippen LogP) is 4.58. The van der Waals surface area contributed by atoms with E-state index in [1.807, 2.05) is 72.8 Å². The largest absolute Gasteiger partial charge is 2.00 e. The quantitative estimate of drug-likeness (QED) is 0.558. The number of hydrogen-bond donors (Lipinski definition) is 0. The molecule has 0 bridgehead atoms. The van der Waals surface area contributed by atoms with Gasteiger partial charge in [-0.2, -0.15) is 0 Å². The van der Waals surface area contributed by atoms with Crippen LogP contribution in [0, 0.1) is 0 Å². The van der Waals surface area contributed by atoms with Gasteiger partial charge in [-0.1, -0.05) is 72.8 Å². The van der Waals surface area contributed by atoms with E-state index in [1.165, 1.54) is 0 Å². The number of allylic oxidation sites excluding steroid dienone is 2. The first-order valence-electron chi connectivity index (χ1n) is 7.05. The molecule has 0 unspecified atom stereocenters. The van der Waals surface area contributed by atoms with Crippen molar-refractivity contribution >= 4 is 23.7 Å². The Morgan fingerprint density at radius 3 is 1.22 bits per heavy atom. The average Bonchev–Trinajstić information content (AvgIpc) is 2.53. The molecule has 3 heteroatoms. The third kappa shape index (κ3) is 11.2. The van der Waals surface area contributed by atoms with Crippen molar-refractivity contribution in [2.75, 3.05) is 0 Å². The van der Waals surface area contributed by atoms with E-state index in [0.29, 0.717) is 0 Å². The number of carbonyl (C=O) groups is 2. The first-order valence-corrected chi connectivity index (χ1v) is 7.05. The summed E-state index contributed by atoms with van der Waals surface area (Å²) in [5.74, 6) is 0.155. The maximum atomic E-state index is 10.5. The molecule has 0 saturated heterocycles. The van der Waals surface area contributed by atoms with E-state index < -0.39 is 0 Å². The summed E-state index contributed by atoms with van der Waals surface area (Å²) in [6.07, 6.45) is 6.75. The van der Waals surface area contributed by atoms with Crippen molar-refractivity contribution in [2.45, 2.75) is 13.8 Å². The molecule has 0 N–H and O–H groups in total. The maximum absolute atomic E-state index is 10.5. The second-order valence-corrected chi connectivity index (χ2v) is 4.71. The second-order valence-electron chi connectivity index (χ2n) is 4.71. The fourth-order valence-corrected chi connectivity index (χ4v) is 1.56. The normalized spacial score (nSPS) is 9.83. The molecule has 0 aliphatic heterocycles. The third-order valence-electron chi connectivity index (χ3n) is 2.62. The van der Waals surface area contributed by atoms with Gasteiger partial charge in [-0.15, -0.1) is 0 Å². The molecule has 0 heterocycles. The Labute approximate surface area is 151 Å². The molecule has 0 radical (unpaired) electrons. The molecule has 2 aromatic rings. The Morgan fingerprint density at radius 2 is 0.957 bits per heavy atom. The third-order valence-corrected chi connectivity index (χ3v) is 2.62. The van der Waals surface area contributed by atoms with Crippen molar-refractivity contribution in [1.29, 1.82) is 0 Å². The molecule has 23 heavy (non-hydrogen) atoms. The fraction of sp³-hybridized carbons (Fsp3) is 0.100. The predicted molar refractivity (Wildman–Crippen MR) is 92.3 cm³/mol. The molecule has 2 aromatic carbocycles. The number of ketones is 2. The van der Waals surface area contributed by atoms with E-state index in [-0.39, 0.29) is 32.0 Å². The van der Waals surface area contributed by atoms with Gasteiger partial charge in [0.25, 0.3) is 0 Å².